The molecule has 4 nitrogen and oxygen atoms in total. The molecule has 68 valence electrons. The van der Waals surface area contributed by atoms with Crippen LogP contribution >= 0.6 is 0 Å². The van der Waals surface area contributed by atoms with Crippen LogP contribution in [0.25, 0.3) is 0 Å². The second-order valence-electron chi connectivity index (χ2n) is 2.74. The van der Waals surface area contributed by atoms with Crippen LogP contribution in [0.5, 0.6) is 0 Å². The van der Waals surface area contributed by atoms with Crippen LogP contribution in [0.3, 0.4) is 0 Å². The first-order valence-corrected chi connectivity index (χ1v) is 4.95. The standard InChI is InChI=1S/C8H8N2O2S/c11-13(12)10-8-5-6-3-1-2-4-7(6)9-8/h1-4,13H,5H2,(H,9,10,11,12). The largest absolute Gasteiger partial charge is 0.343 e. The number of benzene rings is 1. The van der Waals surface area contributed by atoms with Gasteiger partial charge < -0.3 is 5.32 Å². The fraction of sp³-hybridized carbons (Fsp3) is 0.125. The van der Waals surface area contributed by atoms with Crippen molar-refractivity contribution in [2.45, 2.75) is 6.42 Å². The minimum atomic E-state index is -2.69. The molecule has 0 saturated carbocycles. The molecule has 0 unspecified atom stereocenters. The van der Waals surface area contributed by atoms with Crippen LogP contribution in [0.2, 0.25) is 0 Å². The molecule has 0 fully saturated rings. The zero-order chi connectivity index (χ0) is 9.26. The molecular weight excluding hydrogens is 188 g/mol. The lowest BCUT2D eigenvalue weighted by atomic mass is 10.2. The van der Waals surface area contributed by atoms with Gasteiger partial charge in [0.1, 0.15) is 5.84 Å². The van der Waals surface area contributed by atoms with Gasteiger partial charge in [-0.15, -0.1) is 0 Å². The second kappa shape index (κ2) is 3.18. The smallest absolute Gasteiger partial charge is 0.244 e. The summed E-state index contributed by atoms with van der Waals surface area (Å²) in [4.78, 5) is 0. The summed E-state index contributed by atoms with van der Waals surface area (Å²) in [6.07, 6.45) is 0.569. The highest BCUT2D eigenvalue weighted by atomic mass is 32.2. The van der Waals surface area contributed by atoms with Crippen molar-refractivity contribution in [3.8, 4) is 0 Å². The molecule has 0 atom stereocenters. The normalized spacial score (nSPS) is 17.5. The number of thiol groups is 1. The van der Waals surface area contributed by atoms with Gasteiger partial charge in [-0.1, -0.05) is 18.2 Å². The molecule has 0 bridgehead atoms. The summed E-state index contributed by atoms with van der Waals surface area (Å²) in [6, 6.07) is 7.66. The molecule has 0 spiro atoms. The summed E-state index contributed by atoms with van der Waals surface area (Å²) in [5.41, 5.74) is 2.02. The van der Waals surface area contributed by atoms with E-state index in [9.17, 15) is 8.42 Å². The number of fused-ring (bicyclic) bond motifs is 1. The third-order valence-corrected chi connectivity index (χ3v) is 2.26. The summed E-state index contributed by atoms with van der Waals surface area (Å²) in [6.45, 7) is 0. The zero-order valence-corrected chi connectivity index (χ0v) is 7.62. The Labute approximate surface area is 77.4 Å². The highest BCUT2D eigenvalue weighted by Gasteiger charge is 2.14. The Kier molecular flexibility index (Phi) is 2.02. The molecular formula is C8H8N2O2S. The SMILES string of the molecule is O=[SH](=O)N=C1Cc2ccccc2N1. The minimum absolute atomic E-state index is 0.498. The Balaban J connectivity index is 2.33. The maximum Gasteiger partial charge on any atom is 0.244 e. The molecule has 13 heavy (non-hydrogen) atoms. The Hall–Kier alpha value is -1.36. The van der Waals surface area contributed by atoms with Gasteiger partial charge >= 0.3 is 0 Å². The molecule has 0 amide bonds. The number of anilines is 1. The Bertz CT molecular complexity index is 403. The molecule has 0 aliphatic carbocycles. The molecule has 5 heteroatoms. The van der Waals surface area contributed by atoms with Gasteiger partial charge in [-0.05, 0) is 11.6 Å². The highest BCUT2D eigenvalue weighted by molar-refractivity contribution is 7.71. The van der Waals surface area contributed by atoms with Crippen LogP contribution in [-0.4, -0.2) is 14.3 Å². The van der Waals surface area contributed by atoms with E-state index in [0.29, 0.717) is 12.3 Å². The monoisotopic (exact) mass is 196 g/mol. The quantitative estimate of drug-likeness (QED) is 0.646. The number of nitrogens with zero attached hydrogens (tertiary/aromatic N) is 1. The van der Waals surface area contributed by atoms with E-state index in [1.54, 1.807) is 0 Å². The molecule has 1 aromatic rings. The van der Waals surface area contributed by atoms with Gasteiger partial charge in [0.2, 0.25) is 10.9 Å². The van der Waals surface area contributed by atoms with E-state index in [1.165, 1.54) is 0 Å². The van der Waals surface area contributed by atoms with E-state index in [-0.39, 0.29) is 0 Å². The molecule has 1 heterocycles. The summed E-state index contributed by atoms with van der Waals surface area (Å²) < 4.78 is 24.1. The third-order valence-electron chi connectivity index (χ3n) is 1.86. The van der Waals surface area contributed by atoms with E-state index in [4.69, 9.17) is 0 Å². The van der Waals surface area contributed by atoms with Gasteiger partial charge in [0.15, 0.2) is 0 Å². The molecule has 2 rings (SSSR count). The number of nitrogens with one attached hydrogen (secondary N) is 1. The number of hydrogen-bond acceptors (Lipinski definition) is 2. The van der Waals surface area contributed by atoms with Gasteiger partial charge in [0, 0.05) is 12.1 Å². The predicted molar refractivity (Wildman–Crippen MR) is 51.5 cm³/mol. The number of rotatable bonds is 1. The van der Waals surface area contributed by atoms with Crippen molar-refractivity contribution in [1.29, 1.82) is 0 Å². The zero-order valence-electron chi connectivity index (χ0n) is 6.73. The van der Waals surface area contributed by atoms with Gasteiger partial charge in [-0.2, -0.15) is 4.40 Å². The van der Waals surface area contributed by atoms with Crippen LogP contribution in [0.4, 0.5) is 5.69 Å². The molecule has 0 saturated heterocycles. The van der Waals surface area contributed by atoms with E-state index in [2.05, 4.69) is 9.71 Å². The van der Waals surface area contributed by atoms with Gasteiger partial charge in [0.05, 0.1) is 0 Å². The van der Waals surface area contributed by atoms with E-state index in [0.717, 1.165) is 11.3 Å². The average Bonchev–Trinajstić information content (AvgIpc) is 2.44. The van der Waals surface area contributed by atoms with Crippen molar-refractivity contribution in [2.24, 2.45) is 4.40 Å². The van der Waals surface area contributed by atoms with Gasteiger partial charge in [-0.3, -0.25) is 0 Å². The molecule has 1 aliphatic heterocycles. The lowest BCUT2D eigenvalue weighted by Crippen LogP contribution is -2.05. The van der Waals surface area contributed by atoms with Crippen molar-refractivity contribution in [3.63, 3.8) is 0 Å². The van der Waals surface area contributed by atoms with Crippen LogP contribution in [0, 0.1) is 0 Å². The Morgan fingerprint density at radius 3 is 2.77 bits per heavy atom. The maximum atomic E-state index is 10.3. The highest BCUT2D eigenvalue weighted by Crippen LogP contribution is 2.22. The number of hydrogen-bond donors (Lipinski definition) is 2. The molecule has 1 aromatic carbocycles. The fourth-order valence-corrected chi connectivity index (χ4v) is 1.65. The summed E-state index contributed by atoms with van der Waals surface area (Å²) in [5, 5.41) is 2.93. The Morgan fingerprint density at radius 2 is 2.08 bits per heavy atom. The van der Waals surface area contributed by atoms with E-state index in [1.807, 2.05) is 24.3 Å². The van der Waals surface area contributed by atoms with Crippen LogP contribution in [-0.2, 0) is 17.3 Å². The number of amidine groups is 1. The van der Waals surface area contributed by atoms with E-state index >= 15 is 0 Å². The lowest BCUT2D eigenvalue weighted by molar-refractivity contribution is 0.616. The second-order valence-corrected chi connectivity index (χ2v) is 3.42. The summed E-state index contributed by atoms with van der Waals surface area (Å²) in [5.74, 6) is 0.498. The van der Waals surface area contributed by atoms with Crippen molar-refractivity contribution in [1.82, 2.24) is 0 Å². The van der Waals surface area contributed by atoms with Gasteiger partial charge in [-0.25, -0.2) is 8.42 Å². The summed E-state index contributed by atoms with van der Waals surface area (Å²) in [7, 11) is -2.69. The van der Waals surface area contributed by atoms with Crippen LogP contribution in [0.15, 0.2) is 28.7 Å². The minimum Gasteiger partial charge on any atom is -0.343 e. The third kappa shape index (κ3) is 1.70. The first-order chi connectivity index (χ1) is 6.25. The fourth-order valence-electron chi connectivity index (χ4n) is 1.34. The van der Waals surface area contributed by atoms with Crippen LogP contribution < -0.4 is 5.32 Å². The van der Waals surface area contributed by atoms with E-state index < -0.39 is 10.9 Å². The van der Waals surface area contributed by atoms with Crippen molar-refractivity contribution >= 4 is 22.4 Å². The first kappa shape index (κ1) is 8.25. The molecule has 0 radical (unpaired) electrons. The summed E-state index contributed by atoms with van der Waals surface area (Å²) >= 11 is 0. The Morgan fingerprint density at radius 1 is 1.31 bits per heavy atom. The number of para-hydroxylation sites is 1. The average molecular weight is 196 g/mol. The van der Waals surface area contributed by atoms with Crippen molar-refractivity contribution < 1.29 is 8.42 Å². The predicted octanol–water partition coefficient (Wildman–Crippen LogP) is 0.580. The lowest BCUT2D eigenvalue weighted by Gasteiger charge is -1.95. The van der Waals surface area contributed by atoms with Crippen molar-refractivity contribution in [2.75, 3.05) is 5.32 Å². The van der Waals surface area contributed by atoms with Gasteiger partial charge in [0.25, 0.3) is 0 Å². The maximum absolute atomic E-state index is 10.3. The van der Waals surface area contributed by atoms with Crippen molar-refractivity contribution in [3.05, 3.63) is 29.8 Å². The topological polar surface area (TPSA) is 58.5 Å². The molecule has 1 N–H and O–H groups in total. The first-order valence-electron chi connectivity index (χ1n) is 3.82. The molecule has 1 aliphatic rings. The molecule has 0 aromatic heterocycles. The van der Waals surface area contributed by atoms with Crippen LogP contribution in [0.1, 0.15) is 5.56 Å².